The Bertz CT molecular complexity index is 1150. The second-order valence-electron chi connectivity index (χ2n) is 9.47. The van der Waals surface area contributed by atoms with Crippen LogP contribution in [-0.2, 0) is 4.79 Å². The topological polar surface area (TPSA) is 71.3 Å². The van der Waals surface area contributed by atoms with Crippen LogP contribution in [-0.4, -0.2) is 68.3 Å². The number of aromatic nitrogens is 3. The van der Waals surface area contributed by atoms with Gasteiger partial charge in [0.05, 0.1) is 5.75 Å². The summed E-state index contributed by atoms with van der Waals surface area (Å²) >= 11 is 1.39. The SMILES string of the molecule is CC(C)c1ccc(C(=O)N2CCN(C(=O)CSc3nncn3-c3ccc(C(C)C)cc3)CC2)cc1. The summed E-state index contributed by atoms with van der Waals surface area (Å²) in [6, 6.07) is 16.2. The average molecular weight is 492 g/mol. The molecule has 2 aromatic carbocycles. The van der Waals surface area contributed by atoms with Gasteiger partial charge in [-0.25, -0.2) is 0 Å². The van der Waals surface area contributed by atoms with Crippen molar-refractivity contribution in [2.45, 2.75) is 44.7 Å². The Balaban J connectivity index is 1.29. The molecule has 1 aliphatic rings. The quantitative estimate of drug-likeness (QED) is 0.452. The Morgan fingerprint density at radius 2 is 1.37 bits per heavy atom. The van der Waals surface area contributed by atoms with Crippen LogP contribution < -0.4 is 0 Å². The Hall–Kier alpha value is -3.13. The number of amides is 2. The van der Waals surface area contributed by atoms with Crippen molar-refractivity contribution in [2.75, 3.05) is 31.9 Å². The van der Waals surface area contributed by atoms with Gasteiger partial charge in [0.1, 0.15) is 6.33 Å². The van der Waals surface area contributed by atoms with Gasteiger partial charge in [0.15, 0.2) is 5.16 Å². The van der Waals surface area contributed by atoms with E-state index in [0.29, 0.717) is 48.7 Å². The van der Waals surface area contributed by atoms with Crippen molar-refractivity contribution in [3.63, 3.8) is 0 Å². The number of hydrogen-bond donors (Lipinski definition) is 0. The van der Waals surface area contributed by atoms with Crippen molar-refractivity contribution in [2.24, 2.45) is 0 Å². The summed E-state index contributed by atoms with van der Waals surface area (Å²) in [6.07, 6.45) is 1.68. The molecular weight excluding hydrogens is 458 g/mol. The second-order valence-corrected chi connectivity index (χ2v) is 10.4. The zero-order chi connectivity index (χ0) is 24.9. The maximum Gasteiger partial charge on any atom is 0.253 e. The number of thioether (sulfide) groups is 1. The highest BCUT2D eigenvalue weighted by molar-refractivity contribution is 7.99. The number of carbonyl (C=O) groups is 2. The van der Waals surface area contributed by atoms with Crippen LogP contribution >= 0.6 is 11.8 Å². The highest BCUT2D eigenvalue weighted by atomic mass is 32.2. The van der Waals surface area contributed by atoms with E-state index in [1.165, 1.54) is 22.9 Å². The summed E-state index contributed by atoms with van der Waals surface area (Å²) in [6.45, 7) is 10.8. The van der Waals surface area contributed by atoms with Gasteiger partial charge in [0.2, 0.25) is 5.91 Å². The van der Waals surface area contributed by atoms with E-state index in [1.54, 1.807) is 6.33 Å². The highest BCUT2D eigenvalue weighted by Gasteiger charge is 2.25. The second kappa shape index (κ2) is 11.1. The van der Waals surface area contributed by atoms with Crippen molar-refractivity contribution >= 4 is 23.6 Å². The third-order valence-corrected chi connectivity index (χ3v) is 7.35. The molecule has 0 saturated carbocycles. The standard InChI is InChI=1S/C27H33N5O2S/c1-19(2)21-5-7-23(8-6-21)26(34)31-15-13-30(14-16-31)25(33)17-35-27-29-28-18-32(27)24-11-9-22(10-12-24)20(3)4/h5-12,18-20H,13-17H2,1-4H3. The van der Waals surface area contributed by atoms with E-state index < -0.39 is 0 Å². The molecule has 0 atom stereocenters. The lowest BCUT2D eigenvalue weighted by Gasteiger charge is -2.34. The number of piperazine rings is 1. The first-order valence-corrected chi connectivity index (χ1v) is 13.1. The van der Waals surface area contributed by atoms with E-state index in [4.69, 9.17) is 0 Å². The number of rotatable bonds is 7. The summed E-state index contributed by atoms with van der Waals surface area (Å²) in [5, 5.41) is 8.94. The van der Waals surface area contributed by atoms with Gasteiger partial charge in [-0.2, -0.15) is 0 Å². The van der Waals surface area contributed by atoms with Crippen LogP contribution in [0.25, 0.3) is 5.69 Å². The van der Waals surface area contributed by atoms with Crippen LogP contribution in [0.4, 0.5) is 0 Å². The van der Waals surface area contributed by atoms with Crippen molar-refractivity contribution in [3.05, 3.63) is 71.5 Å². The molecule has 2 amide bonds. The summed E-state index contributed by atoms with van der Waals surface area (Å²) in [5.41, 5.74) is 4.17. The smallest absolute Gasteiger partial charge is 0.253 e. The molecule has 35 heavy (non-hydrogen) atoms. The molecule has 1 saturated heterocycles. The monoisotopic (exact) mass is 491 g/mol. The molecular formula is C27H33N5O2S. The molecule has 0 radical (unpaired) electrons. The van der Waals surface area contributed by atoms with Gasteiger partial charge < -0.3 is 9.80 Å². The van der Waals surface area contributed by atoms with Crippen LogP contribution in [0.3, 0.4) is 0 Å². The molecule has 0 aliphatic carbocycles. The minimum atomic E-state index is 0.0263. The number of hydrogen-bond acceptors (Lipinski definition) is 5. The van der Waals surface area contributed by atoms with Crippen molar-refractivity contribution in [3.8, 4) is 5.69 Å². The molecule has 3 aromatic rings. The van der Waals surface area contributed by atoms with Crippen LogP contribution in [0, 0.1) is 0 Å². The lowest BCUT2D eigenvalue weighted by Crippen LogP contribution is -2.51. The normalized spacial score (nSPS) is 14.1. The summed E-state index contributed by atoms with van der Waals surface area (Å²) in [5.74, 6) is 1.27. The molecule has 4 rings (SSSR count). The third kappa shape index (κ3) is 5.93. The minimum Gasteiger partial charge on any atom is -0.338 e. The van der Waals surface area contributed by atoms with Gasteiger partial charge in [-0.05, 0) is 47.2 Å². The first-order valence-electron chi connectivity index (χ1n) is 12.1. The molecule has 1 aromatic heterocycles. The van der Waals surface area contributed by atoms with Gasteiger partial charge in [0.25, 0.3) is 5.91 Å². The van der Waals surface area contributed by atoms with Crippen LogP contribution in [0.1, 0.15) is 61.0 Å². The fraction of sp³-hybridized carbons (Fsp3) is 0.407. The van der Waals surface area contributed by atoms with Crippen molar-refractivity contribution < 1.29 is 9.59 Å². The lowest BCUT2D eigenvalue weighted by atomic mass is 10.0. The molecule has 1 aliphatic heterocycles. The molecule has 184 valence electrons. The molecule has 7 nitrogen and oxygen atoms in total. The zero-order valence-corrected chi connectivity index (χ0v) is 21.7. The molecule has 8 heteroatoms. The highest BCUT2D eigenvalue weighted by Crippen LogP contribution is 2.23. The van der Waals surface area contributed by atoms with Crippen LogP contribution in [0.15, 0.2) is 60.0 Å². The summed E-state index contributed by atoms with van der Waals surface area (Å²) in [4.78, 5) is 29.4. The Morgan fingerprint density at radius 1 is 0.829 bits per heavy atom. The number of nitrogens with zero attached hydrogens (tertiary/aromatic N) is 5. The van der Waals surface area contributed by atoms with Gasteiger partial charge in [-0.1, -0.05) is 63.7 Å². The fourth-order valence-corrected chi connectivity index (χ4v) is 4.92. The van der Waals surface area contributed by atoms with Gasteiger partial charge in [-0.3, -0.25) is 14.2 Å². The minimum absolute atomic E-state index is 0.0263. The summed E-state index contributed by atoms with van der Waals surface area (Å²) < 4.78 is 1.91. The predicted molar refractivity (Wildman–Crippen MR) is 139 cm³/mol. The first kappa shape index (κ1) is 25.0. The van der Waals surface area contributed by atoms with Crippen LogP contribution in [0.2, 0.25) is 0 Å². The van der Waals surface area contributed by atoms with Crippen LogP contribution in [0.5, 0.6) is 0 Å². The molecule has 0 bridgehead atoms. The van der Waals surface area contributed by atoms with Gasteiger partial charge in [-0.15, -0.1) is 10.2 Å². The van der Waals surface area contributed by atoms with E-state index >= 15 is 0 Å². The average Bonchev–Trinajstić information content (AvgIpc) is 3.35. The van der Waals surface area contributed by atoms with Crippen molar-refractivity contribution in [1.82, 2.24) is 24.6 Å². The fourth-order valence-electron chi connectivity index (χ4n) is 4.09. The number of benzene rings is 2. The maximum absolute atomic E-state index is 12.9. The maximum atomic E-state index is 12.9. The lowest BCUT2D eigenvalue weighted by molar-refractivity contribution is -0.129. The van der Waals surface area contributed by atoms with E-state index in [9.17, 15) is 9.59 Å². The largest absolute Gasteiger partial charge is 0.338 e. The first-order chi connectivity index (χ1) is 16.8. The van der Waals surface area contributed by atoms with Gasteiger partial charge >= 0.3 is 0 Å². The molecule has 0 unspecified atom stereocenters. The van der Waals surface area contributed by atoms with E-state index in [-0.39, 0.29) is 17.6 Å². The van der Waals surface area contributed by atoms with Crippen molar-refractivity contribution in [1.29, 1.82) is 0 Å². The molecule has 0 spiro atoms. The third-order valence-electron chi connectivity index (χ3n) is 6.42. The molecule has 0 N–H and O–H groups in total. The Kier molecular flexibility index (Phi) is 7.90. The van der Waals surface area contributed by atoms with E-state index in [2.05, 4.69) is 62.2 Å². The number of carbonyl (C=O) groups excluding carboxylic acids is 2. The Morgan fingerprint density at radius 3 is 1.94 bits per heavy atom. The zero-order valence-electron chi connectivity index (χ0n) is 20.8. The van der Waals surface area contributed by atoms with E-state index in [1.807, 2.05) is 38.6 Å². The molecule has 1 fully saturated rings. The predicted octanol–water partition coefficient (Wildman–Crippen LogP) is 4.59. The van der Waals surface area contributed by atoms with E-state index in [0.717, 1.165) is 5.69 Å². The van der Waals surface area contributed by atoms with Gasteiger partial charge in [0, 0.05) is 37.4 Å². The Labute approximate surface area is 211 Å². The summed E-state index contributed by atoms with van der Waals surface area (Å²) in [7, 11) is 0. The molecule has 2 heterocycles.